The monoisotopic (exact) mass is 561 g/mol. The van der Waals surface area contributed by atoms with E-state index in [0.29, 0.717) is 42.0 Å². The molecule has 2 aromatic rings. The third-order valence-corrected chi connectivity index (χ3v) is 8.81. The molecule has 6 atom stereocenters. The Kier molecular flexibility index (Phi) is 6.83. The molecule has 5 rings (SSSR count). The van der Waals surface area contributed by atoms with Crippen molar-refractivity contribution in [2.45, 2.75) is 88.4 Å². The third kappa shape index (κ3) is 4.61. The van der Waals surface area contributed by atoms with Crippen molar-refractivity contribution in [3.63, 3.8) is 0 Å². The first-order valence-corrected chi connectivity index (χ1v) is 13.8. The average Bonchev–Trinajstić information content (AvgIpc) is 3.41. The fourth-order valence-electron chi connectivity index (χ4n) is 6.79. The first-order valence-electron chi connectivity index (χ1n) is 13.1. The molecule has 0 bridgehead atoms. The average molecular weight is 563 g/mol. The van der Waals surface area contributed by atoms with Crippen LogP contribution in [0.15, 0.2) is 36.4 Å². The molecule has 6 unspecified atom stereocenters. The van der Waals surface area contributed by atoms with Gasteiger partial charge >= 0.3 is 0 Å². The van der Waals surface area contributed by atoms with Crippen LogP contribution in [0.25, 0.3) is 0 Å². The molecule has 2 heterocycles. The molecule has 0 aromatic heterocycles. The number of fused-ring (bicyclic) bond motifs is 2. The van der Waals surface area contributed by atoms with Gasteiger partial charge in [-0.2, -0.15) is 0 Å². The molecule has 1 saturated carbocycles. The molecule has 2 aliphatic heterocycles. The van der Waals surface area contributed by atoms with Gasteiger partial charge in [0, 0.05) is 28.7 Å². The van der Waals surface area contributed by atoms with Crippen molar-refractivity contribution in [3.05, 3.63) is 63.4 Å². The van der Waals surface area contributed by atoms with Gasteiger partial charge in [0.1, 0.15) is 11.2 Å². The van der Waals surface area contributed by atoms with Crippen LogP contribution in [0.2, 0.25) is 10.0 Å². The lowest BCUT2D eigenvalue weighted by atomic mass is 9.62. The number of hydrogen-bond donors (Lipinski definition) is 4. The van der Waals surface area contributed by atoms with Crippen LogP contribution in [0.1, 0.15) is 70.4 Å². The van der Waals surface area contributed by atoms with Gasteiger partial charge in [0.2, 0.25) is 11.8 Å². The zero-order chi connectivity index (χ0) is 27.6. The van der Waals surface area contributed by atoms with Crippen LogP contribution in [0.5, 0.6) is 0 Å². The Hall–Kier alpha value is -2.19. The minimum absolute atomic E-state index is 0.0716. The molecule has 2 fully saturated rings. The molecule has 1 aliphatic carbocycles. The number of benzene rings is 2. The number of aliphatic hydroxyl groups is 1. The van der Waals surface area contributed by atoms with E-state index in [0.717, 1.165) is 0 Å². The quantitative estimate of drug-likeness (QED) is 0.407. The van der Waals surface area contributed by atoms with Crippen LogP contribution < -0.4 is 16.0 Å². The van der Waals surface area contributed by atoms with Crippen LogP contribution in [0.3, 0.4) is 0 Å². The van der Waals surface area contributed by atoms with Gasteiger partial charge in [-0.05, 0) is 67.3 Å². The molecule has 38 heavy (non-hydrogen) atoms. The Morgan fingerprint density at radius 2 is 1.97 bits per heavy atom. The SMILES string of the molecule is CC(C)(C)CC1NC(C(=O)NC2CCC(C)(O)C2)C(c2cccc(Cl)c2F)C12C(=O)Nc1cc(Cl)ccc12. The predicted octanol–water partition coefficient (Wildman–Crippen LogP) is 5.30. The Balaban J connectivity index is 1.68. The molecule has 4 N–H and O–H groups in total. The fourth-order valence-corrected chi connectivity index (χ4v) is 7.14. The Morgan fingerprint density at radius 1 is 1.24 bits per heavy atom. The van der Waals surface area contributed by atoms with Gasteiger partial charge in [-0.15, -0.1) is 0 Å². The zero-order valence-electron chi connectivity index (χ0n) is 22.0. The summed E-state index contributed by atoms with van der Waals surface area (Å²) in [4.78, 5) is 28.1. The lowest BCUT2D eigenvalue weighted by Crippen LogP contribution is -2.49. The number of nitrogens with one attached hydrogen (secondary N) is 3. The van der Waals surface area contributed by atoms with Gasteiger partial charge in [0.25, 0.3) is 0 Å². The van der Waals surface area contributed by atoms with Crippen molar-refractivity contribution >= 4 is 40.7 Å². The highest BCUT2D eigenvalue weighted by atomic mass is 35.5. The van der Waals surface area contributed by atoms with Gasteiger partial charge in [0.05, 0.1) is 16.7 Å². The first kappa shape index (κ1) is 27.4. The zero-order valence-corrected chi connectivity index (χ0v) is 23.5. The highest BCUT2D eigenvalue weighted by Gasteiger charge is 2.66. The molecule has 0 radical (unpaired) electrons. The van der Waals surface area contributed by atoms with E-state index >= 15 is 4.39 Å². The number of rotatable bonds is 4. The second-order valence-electron chi connectivity index (χ2n) is 12.5. The van der Waals surface area contributed by atoms with E-state index in [1.54, 1.807) is 37.3 Å². The standard InChI is InChI=1S/C29H34Cl2FN3O3/c1-27(2,3)14-21-29(18-9-8-15(30)12-20(18)34-26(29)37)22(17-6-5-7-19(31)23(17)32)24(35-21)25(36)33-16-10-11-28(4,38)13-16/h5-9,12,16,21-22,24,35,38H,10-11,13-14H2,1-4H3,(H,33,36)(H,34,37). The molecule has 6 nitrogen and oxygen atoms in total. The number of halogens is 3. The van der Waals surface area contributed by atoms with Gasteiger partial charge < -0.3 is 21.1 Å². The van der Waals surface area contributed by atoms with Crippen molar-refractivity contribution < 1.29 is 19.1 Å². The summed E-state index contributed by atoms with van der Waals surface area (Å²) in [6, 6.07) is 8.29. The normalized spacial score (nSPS) is 32.5. The third-order valence-electron chi connectivity index (χ3n) is 8.28. The summed E-state index contributed by atoms with van der Waals surface area (Å²) in [5.74, 6) is -2.17. The summed E-state index contributed by atoms with van der Waals surface area (Å²) >= 11 is 12.5. The highest BCUT2D eigenvalue weighted by molar-refractivity contribution is 6.31. The predicted molar refractivity (Wildman–Crippen MR) is 147 cm³/mol. The highest BCUT2D eigenvalue weighted by Crippen LogP contribution is 2.57. The molecule has 2 amide bonds. The lowest BCUT2D eigenvalue weighted by Gasteiger charge is -2.37. The van der Waals surface area contributed by atoms with E-state index < -0.39 is 34.8 Å². The van der Waals surface area contributed by atoms with Crippen molar-refractivity contribution in [3.8, 4) is 0 Å². The minimum atomic E-state index is -1.29. The van der Waals surface area contributed by atoms with Crippen molar-refractivity contribution in [2.75, 3.05) is 5.32 Å². The summed E-state index contributed by atoms with van der Waals surface area (Å²) in [6.45, 7) is 7.97. The van der Waals surface area contributed by atoms with E-state index in [-0.39, 0.29) is 33.9 Å². The number of amides is 2. The molecular weight excluding hydrogens is 528 g/mol. The van der Waals surface area contributed by atoms with Crippen LogP contribution in [0.4, 0.5) is 10.1 Å². The fraction of sp³-hybridized carbons (Fsp3) is 0.517. The van der Waals surface area contributed by atoms with E-state index in [4.69, 9.17) is 23.2 Å². The number of anilines is 1. The van der Waals surface area contributed by atoms with Crippen LogP contribution in [-0.4, -0.2) is 40.6 Å². The maximum atomic E-state index is 15.8. The van der Waals surface area contributed by atoms with Crippen molar-refractivity contribution in [1.29, 1.82) is 0 Å². The van der Waals surface area contributed by atoms with Gasteiger partial charge in [-0.25, -0.2) is 4.39 Å². The van der Waals surface area contributed by atoms with Crippen molar-refractivity contribution in [2.24, 2.45) is 5.41 Å². The van der Waals surface area contributed by atoms with Crippen molar-refractivity contribution in [1.82, 2.24) is 10.6 Å². The molecule has 3 aliphatic rings. The smallest absolute Gasteiger partial charge is 0.238 e. The second kappa shape index (κ2) is 9.47. The van der Waals surface area contributed by atoms with Gasteiger partial charge in [-0.1, -0.05) is 62.2 Å². The number of carbonyl (C=O) groups excluding carboxylic acids is 2. The largest absolute Gasteiger partial charge is 0.390 e. The summed E-state index contributed by atoms with van der Waals surface area (Å²) in [5.41, 5.74) is -0.910. The summed E-state index contributed by atoms with van der Waals surface area (Å²) in [7, 11) is 0. The number of carbonyl (C=O) groups is 2. The molecular formula is C29H34Cl2FN3O3. The van der Waals surface area contributed by atoms with Crippen LogP contribution >= 0.6 is 23.2 Å². The summed E-state index contributed by atoms with van der Waals surface area (Å²) in [5, 5.41) is 20.4. The number of hydrogen-bond acceptors (Lipinski definition) is 4. The Morgan fingerprint density at radius 3 is 2.63 bits per heavy atom. The van der Waals surface area contributed by atoms with Gasteiger partial charge in [-0.3, -0.25) is 9.59 Å². The van der Waals surface area contributed by atoms with Crippen LogP contribution in [0, 0.1) is 11.2 Å². The topological polar surface area (TPSA) is 90.5 Å². The van der Waals surface area contributed by atoms with E-state index in [1.807, 2.05) is 0 Å². The van der Waals surface area contributed by atoms with E-state index in [9.17, 15) is 14.7 Å². The Labute approximate surface area is 232 Å². The molecule has 9 heteroatoms. The van der Waals surface area contributed by atoms with Crippen LogP contribution in [-0.2, 0) is 15.0 Å². The Bertz CT molecular complexity index is 1290. The molecule has 1 spiro atoms. The maximum Gasteiger partial charge on any atom is 0.238 e. The first-order chi connectivity index (χ1) is 17.7. The minimum Gasteiger partial charge on any atom is -0.390 e. The molecule has 204 valence electrons. The maximum absolute atomic E-state index is 15.8. The molecule has 1 saturated heterocycles. The summed E-state index contributed by atoms with van der Waals surface area (Å²) in [6.07, 6.45) is 2.19. The summed E-state index contributed by atoms with van der Waals surface area (Å²) < 4.78 is 15.8. The second-order valence-corrected chi connectivity index (χ2v) is 13.4. The molecule has 2 aromatic carbocycles. The van der Waals surface area contributed by atoms with Gasteiger partial charge in [0.15, 0.2) is 0 Å². The van der Waals surface area contributed by atoms with E-state index in [1.165, 1.54) is 6.07 Å². The van der Waals surface area contributed by atoms with E-state index in [2.05, 4.69) is 36.7 Å². The lowest BCUT2D eigenvalue weighted by molar-refractivity contribution is -0.124.